The van der Waals surface area contributed by atoms with Crippen molar-refractivity contribution >= 4 is 16.9 Å². The summed E-state index contributed by atoms with van der Waals surface area (Å²) in [5, 5.41) is 3.98. The second-order valence-corrected chi connectivity index (χ2v) is 5.93. The van der Waals surface area contributed by atoms with Crippen LogP contribution in [-0.4, -0.2) is 19.1 Å². The molecule has 3 rings (SSSR count). The number of methoxy groups -OCH3 is 1. The van der Waals surface area contributed by atoms with Gasteiger partial charge in [-0.3, -0.25) is 4.79 Å². The first-order chi connectivity index (χ1) is 10.2. The summed E-state index contributed by atoms with van der Waals surface area (Å²) in [6.45, 7) is 2.24. The van der Waals surface area contributed by atoms with Gasteiger partial charge < -0.3 is 14.5 Å². The number of para-hydroxylation sites is 1. The maximum absolute atomic E-state index is 12.3. The summed E-state index contributed by atoms with van der Waals surface area (Å²) in [6.07, 6.45) is 4.54. The highest BCUT2D eigenvalue weighted by molar-refractivity contribution is 5.97. The Kier molecular flexibility index (Phi) is 3.86. The van der Waals surface area contributed by atoms with E-state index in [4.69, 9.17) is 9.15 Å². The van der Waals surface area contributed by atoms with Gasteiger partial charge >= 0.3 is 0 Å². The molecule has 112 valence electrons. The van der Waals surface area contributed by atoms with Crippen molar-refractivity contribution in [2.45, 2.75) is 38.6 Å². The summed E-state index contributed by atoms with van der Waals surface area (Å²) in [5.41, 5.74) is 0.627. The molecule has 1 aromatic carbocycles. The number of fused-ring (bicyclic) bond motifs is 1. The van der Waals surface area contributed by atoms with Crippen LogP contribution in [0.3, 0.4) is 0 Å². The maximum atomic E-state index is 12.3. The average molecular weight is 287 g/mol. The van der Waals surface area contributed by atoms with E-state index in [0.29, 0.717) is 23.0 Å². The lowest BCUT2D eigenvalue weighted by Crippen LogP contribution is -2.37. The molecule has 0 bridgehead atoms. The minimum atomic E-state index is -0.132. The fourth-order valence-electron chi connectivity index (χ4n) is 3.13. The zero-order chi connectivity index (χ0) is 14.8. The number of furan rings is 1. The van der Waals surface area contributed by atoms with Crippen LogP contribution in [0.4, 0.5) is 0 Å². The monoisotopic (exact) mass is 287 g/mol. The Bertz CT molecular complexity index is 647. The van der Waals surface area contributed by atoms with Gasteiger partial charge in [-0.1, -0.05) is 31.9 Å². The van der Waals surface area contributed by atoms with Crippen LogP contribution in [0.25, 0.3) is 11.0 Å². The molecule has 1 N–H and O–H groups in total. The molecule has 0 saturated heterocycles. The first-order valence-corrected chi connectivity index (χ1v) is 7.55. The van der Waals surface area contributed by atoms with Gasteiger partial charge in [0.05, 0.1) is 7.11 Å². The first kappa shape index (κ1) is 14.0. The third kappa shape index (κ3) is 2.89. The van der Waals surface area contributed by atoms with E-state index < -0.39 is 0 Å². The zero-order valence-corrected chi connectivity index (χ0v) is 12.5. The quantitative estimate of drug-likeness (QED) is 0.935. The van der Waals surface area contributed by atoms with Crippen LogP contribution < -0.4 is 10.1 Å². The molecule has 2 unspecified atom stereocenters. The molecule has 4 heteroatoms. The van der Waals surface area contributed by atoms with Crippen LogP contribution >= 0.6 is 0 Å². The van der Waals surface area contributed by atoms with Crippen LogP contribution in [0.1, 0.15) is 43.2 Å². The minimum absolute atomic E-state index is 0.132. The highest BCUT2D eigenvalue weighted by Crippen LogP contribution is 2.29. The molecule has 1 aromatic heterocycles. The number of carbonyl (C=O) groups excluding carboxylic acids is 1. The molecular weight excluding hydrogens is 266 g/mol. The summed E-state index contributed by atoms with van der Waals surface area (Å²) in [5.74, 6) is 1.55. The fraction of sp³-hybridized carbons (Fsp3) is 0.471. The van der Waals surface area contributed by atoms with Gasteiger partial charge in [0.25, 0.3) is 5.91 Å². The standard InChI is InChI=1S/C17H21NO3/c1-11-5-3-7-13(9-11)18-17(19)15-10-12-6-4-8-14(20-2)16(12)21-15/h4,6,8,10-11,13H,3,5,7,9H2,1-2H3,(H,18,19). The van der Waals surface area contributed by atoms with Crippen molar-refractivity contribution in [1.29, 1.82) is 0 Å². The molecular formula is C17H21NO3. The van der Waals surface area contributed by atoms with Crippen molar-refractivity contribution in [3.63, 3.8) is 0 Å². The number of ether oxygens (including phenoxy) is 1. The van der Waals surface area contributed by atoms with Crippen LogP contribution in [0.5, 0.6) is 5.75 Å². The van der Waals surface area contributed by atoms with Crippen molar-refractivity contribution < 1.29 is 13.9 Å². The third-order valence-corrected chi connectivity index (χ3v) is 4.22. The molecule has 4 nitrogen and oxygen atoms in total. The van der Waals surface area contributed by atoms with Gasteiger partial charge in [-0.25, -0.2) is 0 Å². The van der Waals surface area contributed by atoms with E-state index in [-0.39, 0.29) is 11.9 Å². The van der Waals surface area contributed by atoms with E-state index in [0.717, 1.165) is 18.2 Å². The van der Waals surface area contributed by atoms with Crippen LogP contribution in [0, 0.1) is 5.92 Å². The molecule has 1 heterocycles. The molecule has 0 aliphatic heterocycles. The summed E-state index contributed by atoms with van der Waals surface area (Å²) < 4.78 is 10.9. The number of hydrogen-bond acceptors (Lipinski definition) is 3. The van der Waals surface area contributed by atoms with Gasteiger partial charge in [-0.05, 0) is 30.9 Å². The third-order valence-electron chi connectivity index (χ3n) is 4.22. The lowest BCUT2D eigenvalue weighted by atomic mass is 9.87. The minimum Gasteiger partial charge on any atom is -0.493 e. The Labute approximate surface area is 124 Å². The number of benzene rings is 1. The molecule has 0 spiro atoms. The largest absolute Gasteiger partial charge is 0.493 e. The normalized spacial score (nSPS) is 22.2. The van der Waals surface area contributed by atoms with E-state index >= 15 is 0 Å². The number of amides is 1. The topological polar surface area (TPSA) is 51.5 Å². The SMILES string of the molecule is COc1cccc2cc(C(=O)NC3CCCC(C)C3)oc12. The summed E-state index contributed by atoms with van der Waals surface area (Å²) in [7, 11) is 1.60. The lowest BCUT2D eigenvalue weighted by Gasteiger charge is -2.27. The zero-order valence-electron chi connectivity index (χ0n) is 12.5. The average Bonchev–Trinajstić information content (AvgIpc) is 2.91. The van der Waals surface area contributed by atoms with Crippen molar-refractivity contribution in [3.8, 4) is 5.75 Å². The smallest absolute Gasteiger partial charge is 0.287 e. The predicted molar refractivity (Wildman–Crippen MR) is 81.7 cm³/mol. The Balaban J connectivity index is 1.78. The Hall–Kier alpha value is -1.97. The van der Waals surface area contributed by atoms with Gasteiger partial charge in [0.1, 0.15) is 0 Å². The van der Waals surface area contributed by atoms with Gasteiger partial charge in [-0.2, -0.15) is 0 Å². The Morgan fingerprint density at radius 3 is 3.00 bits per heavy atom. The van der Waals surface area contributed by atoms with Gasteiger partial charge in [0.15, 0.2) is 17.1 Å². The van der Waals surface area contributed by atoms with E-state index in [2.05, 4.69) is 12.2 Å². The van der Waals surface area contributed by atoms with Crippen molar-refractivity contribution in [2.75, 3.05) is 7.11 Å². The van der Waals surface area contributed by atoms with Crippen LogP contribution in [0.2, 0.25) is 0 Å². The summed E-state index contributed by atoms with van der Waals surface area (Å²) >= 11 is 0. The first-order valence-electron chi connectivity index (χ1n) is 7.55. The molecule has 1 saturated carbocycles. The van der Waals surface area contributed by atoms with Crippen molar-refractivity contribution in [3.05, 3.63) is 30.0 Å². The van der Waals surface area contributed by atoms with Gasteiger partial charge in [0, 0.05) is 11.4 Å². The summed E-state index contributed by atoms with van der Waals surface area (Å²) in [6, 6.07) is 7.67. The second-order valence-electron chi connectivity index (χ2n) is 5.93. The number of hydrogen-bond donors (Lipinski definition) is 1. The Morgan fingerprint density at radius 1 is 1.38 bits per heavy atom. The molecule has 0 radical (unpaired) electrons. The molecule has 1 amide bonds. The molecule has 1 aliphatic carbocycles. The van der Waals surface area contributed by atoms with Crippen molar-refractivity contribution in [1.82, 2.24) is 5.32 Å². The number of carbonyl (C=O) groups is 1. The fourth-order valence-corrected chi connectivity index (χ4v) is 3.13. The van der Waals surface area contributed by atoms with E-state index in [1.165, 1.54) is 12.8 Å². The molecule has 21 heavy (non-hydrogen) atoms. The maximum Gasteiger partial charge on any atom is 0.287 e. The molecule has 2 aromatic rings. The van der Waals surface area contributed by atoms with Gasteiger partial charge in [-0.15, -0.1) is 0 Å². The van der Waals surface area contributed by atoms with Crippen LogP contribution in [0.15, 0.2) is 28.7 Å². The molecule has 1 aliphatic rings. The second kappa shape index (κ2) is 5.80. The van der Waals surface area contributed by atoms with Crippen LogP contribution in [-0.2, 0) is 0 Å². The van der Waals surface area contributed by atoms with E-state index in [9.17, 15) is 4.79 Å². The van der Waals surface area contributed by atoms with E-state index in [1.54, 1.807) is 13.2 Å². The molecule has 1 fully saturated rings. The van der Waals surface area contributed by atoms with Crippen molar-refractivity contribution in [2.24, 2.45) is 5.92 Å². The lowest BCUT2D eigenvalue weighted by molar-refractivity contribution is 0.0895. The van der Waals surface area contributed by atoms with Gasteiger partial charge in [0.2, 0.25) is 0 Å². The predicted octanol–water partition coefficient (Wildman–Crippen LogP) is 3.75. The summed E-state index contributed by atoms with van der Waals surface area (Å²) in [4.78, 5) is 12.3. The highest BCUT2D eigenvalue weighted by atomic mass is 16.5. The Morgan fingerprint density at radius 2 is 2.24 bits per heavy atom. The number of rotatable bonds is 3. The number of nitrogens with one attached hydrogen (secondary N) is 1. The highest BCUT2D eigenvalue weighted by Gasteiger charge is 2.22. The van der Waals surface area contributed by atoms with E-state index in [1.807, 2.05) is 18.2 Å². The molecule has 2 atom stereocenters.